The highest BCUT2D eigenvalue weighted by Crippen LogP contribution is 2.39. The van der Waals surface area contributed by atoms with Crippen molar-refractivity contribution < 1.29 is 19.0 Å². The van der Waals surface area contributed by atoms with Crippen LogP contribution in [-0.2, 0) is 4.74 Å². The Labute approximate surface area is 125 Å². The maximum absolute atomic E-state index is 13.6. The van der Waals surface area contributed by atoms with Gasteiger partial charge >= 0.3 is 0 Å². The molecule has 2 rings (SSSR count). The average Bonchev–Trinajstić information content (AvgIpc) is 2.53. The fourth-order valence-electron chi connectivity index (χ4n) is 2.70. The zero-order chi connectivity index (χ0) is 15.7. The minimum absolute atomic E-state index is 0.159. The summed E-state index contributed by atoms with van der Waals surface area (Å²) in [5.74, 6) is 5.20. The molecule has 0 amide bonds. The van der Waals surface area contributed by atoms with Crippen LogP contribution in [0.2, 0.25) is 0 Å². The normalized spacial score (nSPS) is 22.5. The van der Waals surface area contributed by atoms with E-state index in [1.54, 1.807) is 6.07 Å². The van der Waals surface area contributed by atoms with Crippen molar-refractivity contribution >= 4 is 0 Å². The third-order valence-corrected chi connectivity index (χ3v) is 3.45. The van der Waals surface area contributed by atoms with E-state index in [1.165, 1.54) is 12.1 Å². The second kappa shape index (κ2) is 5.67. The van der Waals surface area contributed by atoms with E-state index in [4.69, 9.17) is 14.6 Å². The first kappa shape index (κ1) is 15.8. The van der Waals surface area contributed by atoms with Crippen molar-refractivity contribution in [3.63, 3.8) is 0 Å². The molecule has 0 saturated carbocycles. The van der Waals surface area contributed by atoms with Crippen molar-refractivity contribution in [2.45, 2.75) is 51.4 Å². The number of rotatable bonds is 2. The van der Waals surface area contributed by atoms with Crippen molar-refractivity contribution in [3.8, 4) is 17.6 Å². The molecule has 21 heavy (non-hydrogen) atoms. The minimum atomic E-state index is -0.438. The van der Waals surface area contributed by atoms with Gasteiger partial charge in [0.2, 0.25) is 0 Å². The van der Waals surface area contributed by atoms with Crippen LogP contribution in [0.1, 0.15) is 39.7 Å². The molecule has 1 aromatic rings. The van der Waals surface area contributed by atoms with Gasteiger partial charge in [0.15, 0.2) is 0 Å². The number of benzene rings is 1. The van der Waals surface area contributed by atoms with E-state index in [0.29, 0.717) is 11.3 Å². The molecular formula is C17H21FO3. The van der Waals surface area contributed by atoms with Gasteiger partial charge in [-0.3, -0.25) is 0 Å². The predicted octanol–water partition coefficient (Wildman–Crippen LogP) is 2.89. The quantitative estimate of drug-likeness (QED) is 0.852. The van der Waals surface area contributed by atoms with Gasteiger partial charge in [0.05, 0.1) is 5.60 Å². The first-order valence-electron chi connectivity index (χ1n) is 6.99. The van der Waals surface area contributed by atoms with Gasteiger partial charge in [-0.25, -0.2) is 4.39 Å². The number of aliphatic hydroxyl groups is 1. The molecule has 0 radical (unpaired) electrons. The third-order valence-electron chi connectivity index (χ3n) is 3.45. The smallest absolute Gasteiger partial charge is 0.130 e. The molecule has 0 bridgehead atoms. The monoisotopic (exact) mass is 292 g/mol. The zero-order valence-corrected chi connectivity index (χ0v) is 12.9. The molecule has 1 N–H and O–H groups in total. The van der Waals surface area contributed by atoms with Crippen molar-refractivity contribution in [1.29, 1.82) is 0 Å². The Hall–Kier alpha value is -1.57. The molecule has 1 aromatic carbocycles. The fraction of sp³-hybridized carbons (Fsp3) is 0.529. The number of aliphatic hydroxyl groups excluding tert-OH is 1. The van der Waals surface area contributed by atoms with Crippen LogP contribution in [0.25, 0.3) is 0 Å². The lowest BCUT2D eigenvalue weighted by Gasteiger charge is -2.27. The Morgan fingerprint density at radius 3 is 2.62 bits per heavy atom. The summed E-state index contributed by atoms with van der Waals surface area (Å²) in [6.45, 7) is 7.71. The predicted molar refractivity (Wildman–Crippen MR) is 78.6 cm³/mol. The largest absolute Gasteiger partial charge is 0.487 e. The molecule has 1 heterocycles. The number of hydrogen-bond acceptors (Lipinski definition) is 3. The summed E-state index contributed by atoms with van der Waals surface area (Å²) in [5.41, 5.74) is -0.219. The first-order chi connectivity index (χ1) is 9.72. The van der Waals surface area contributed by atoms with E-state index in [9.17, 15) is 4.39 Å². The van der Waals surface area contributed by atoms with E-state index in [-0.39, 0.29) is 18.3 Å². The average molecular weight is 292 g/mol. The highest BCUT2D eigenvalue weighted by atomic mass is 19.1. The maximum Gasteiger partial charge on any atom is 0.130 e. The van der Waals surface area contributed by atoms with Gasteiger partial charge in [-0.15, -0.1) is 0 Å². The highest BCUT2D eigenvalue weighted by molar-refractivity contribution is 5.40. The van der Waals surface area contributed by atoms with Crippen LogP contribution in [0.15, 0.2) is 18.2 Å². The number of hydrogen-bond donors (Lipinski definition) is 1. The van der Waals surface area contributed by atoms with Crippen LogP contribution in [0.4, 0.5) is 4.39 Å². The molecule has 0 spiro atoms. The van der Waals surface area contributed by atoms with Gasteiger partial charge in [-0.05, 0) is 39.8 Å². The Kier molecular flexibility index (Phi) is 4.27. The van der Waals surface area contributed by atoms with E-state index < -0.39 is 11.4 Å². The molecule has 0 aliphatic carbocycles. The molecule has 1 aliphatic heterocycles. The van der Waals surface area contributed by atoms with Crippen LogP contribution in [0.5, 0.6) is 5.75 Å². The van der Waals surface area contributed by atoms with Crippen molar-refractivity contribution in [1.82, 2.24) is 0 Å². The second-order valence-electron chi connectivity index (χ2n) is 6.41. The van der Waals surface area contributed by atoms with E-state index in [1.807, 2.05) is 27.7 Å². The third kappa shape index (κ3) is 3.96. The van der Waals surface area contributed by atoms with Gasteiger partial charge in [-0.1, -0.05) is 11.8 Å². The van der Waals surface area contributed by atoms with Crippen LogP contribution in [-0.4, -0.2) is 29.0 Å². The fourth-order valence-corrected chi connectivity index (χ4v) is 2.70. The number of halogens is 1. The Morgan fingerprint density at radius 2 is 2.05 bits per heavy atom. The lowest BCUT2D eigenvalue weighted by molar-refractivity contribution is -0.0846. The first-order valence-corrected chi connectivity index (χ1v) is 6.99. The molecule has 114 valence electrons. The lowest BCUT2D eigenvalue weighted by atomic mass is 9.97. The molecule has 4 heteroatoms. The van der Waals surface area contributed by atoms with Gasteiger partial charge in [-0.2, -0.15) is 0 Å². The second-order valence-corrected chi connectivity index (χ2v) is 6.41. The zero-order valence-electron chi connectivity index (χ0n) is 12.9. The van der Waals surface area contributed by atoms with Crippen LogP contribution in [0.3, 0.4) is 0 Å². The summed E-state index contributed by atoms with van der Waals surface area (Å²) >= 11 is 0. The summed E-state index contributed by atoms with van der Waals surface area (Å²) in [7, 11) is 0. The summed E-state index contributed by atoms with van der Waals surface area (Å²) in [6, 6.07) is 4.33. The van der Waals surface area contributed by atoms with Crippen LogP contribution >= 0.6 is 0 Å². The number of ether oxygens (including phenoxy) is 2. The molecule has 1 unspecified atom stereocenters. The Bertz CT molecular complexity index is 581. The minimum Gasteiger partial charge on any atom is -0.487 e. The van der Waals surface area contributed by atoms with Crippen molar-refractivity contribution in [2.75, 3.05) is 6.61 Å². The Morgan fingerprint density at radius 1 is 1.33 bits per heavy atom. The van der Waals surface area contributed by atoms with Gasteiger partial charge < -0.3 is 14.6 Å². The summed E-state index contributed by atoms with van der Waals surface area (Å²) < 4.78 is 25.5. The Balaban J connectivity index is 2.22. The van der Waals surface area contributed by atoms with E-state index in [0.717, 1.165) is 6.42 Å². The molecule has 1 fully saturated rings. The molecule has 1 atom stereocenters. The molecule has 0 aromatic heterocycles. The lowest BCUT2D eigenvalue weighted by Crippen LogP contribution is -2.36. The molecule has 1 saturated heterocycles. The van der Waals surface area contributed by atoms with Crippen molar-refractivity contribution in [2.24, 2.45) is 0 Å². The summed E-state index contributed by atoms with van der Waals surface area (Å²) in [6.07, 6.45) is 0.571. The summed E-state index contributed by atoms with van der Waals surface area (Å²) in [5, 5.41) is 8.71. The SMILES string of the molecule is CC1(C)CC(Oc2cc(F)cc(C#CCO)c2)C(C)(C)O1. The van der Waals surface area contributed by atoms with E-state index in [2.05, 4.69) is 11.8 Å². The molecule has 3 nitrogen and oxygen atoms in total. The summed E-state index contributed by atoms with van der Waals surface area (Å²) in [4.78, 5) is 0. The van der Waals surface area contributed by atoms with Gasteiger partial charge in [0.25, 0.3) is 0 Å². The van der Waals surface area contributed by atoms with Gasteiger partial charge in [0, 0.05) is 18.1 Å². The van der Waals surface area contributed by atoms with E-state index >= 15 is 0 Å². The van der Waals surface area contributed by atoms with Crippen molar-refractivity contribution in [3.05, 3.63) is 29.6 Å². The highest BCUT2D eigenvalue weighted by Gasteiger charge is 2.47. The standard InChI is InChI=1S/C17H21FO3/c1-16(2)11-15(17(3,4)21-16)20-14-9-12(6-5-7-19)8-13(18)10-14/h8-10,15,19H,7,11H2,1-4H3. The topological polar surface area (TPSA) is 38.7 Å². The van der Waals surface area contributed by atoms with Crippen LogP contribution in [0, 0.1) is 17.7 Å². The molecule has 1 aliphatic rings. The maximum atomic E-state index is 13.6. The van der Waals surface area contributed by atoms with Gasteiger partial charge in [0.1, 0.15) is 29.9 Å². The van der Waals surface area contributed by atoms with Crippen LogP contribution < -0.4 is 4.74 Å². The molecular weight excluding hydrogens is 271 g/mol.